The summed E-state index contributed by atoms with van der Waals surface area (Å²) in [5, 5.41) is 2.87. The molecular formula is C28H32Cl2N6O4. The summed E-state index contributed by atoms with van der Waals surface area (Å²) in [6, 6.07) is 14.6. The maximum absolute atomic E-state index is 11.9. The van der Waals surface area contributed by atoms with Crippen LogP contribution in [0, 0.1) is 0 Å². The molecule has 0 saturated heterocycles. The summed E-state index contributed by atoms with van der Waals surface area (Å²) in [5.74, 6) is 4.44. The van der Waals surface area contributed by atoms with E-state index in [0.717, 1.165) is 32.9 Å². The van der Waals surface area contributed by atoms with Gasteiger partial charge in [-0.2, -0.15) is 0 Å². The van der Waals surface area contributed by atoms with Crippen LogP contribution >= 0.6 is 23.2 Å². The molecule has 40 heavy (non-hydrogen) atoms. The van der Waals surface area contributed by atoms with E-state index in [2.05, 4.69) is 26.2 Å². The van der Waals surface area contributed by atoms with Crippen molar-refractivity contribution in [1.82, 2.24) is 26.2 Å². The van der Waals surface area contributed by atoms with E-state index < -0.39 is 11.7 Å². The van der Waals surface area contributed by atoms with Crippen molar-refractivity contribution in [2.75, 3.05) is 0 Å². The standard InChI is InChI=1S/C16H18ClN3O3.C11H10ClN3O.CH4/c1-16(2,3)23-15(22)20-19-14(21)7-10-4-5-13-11(6-10)8-12(17)9-18-13;12-9-5-8-3-7(4-11(16)15-13)1-2-10(8)14-6-9;/h4-6,8-9H,7H2,1-3H3,(H,19,21)(H,20,22);1-3,5-6H,4,13H2,(H,15,16);1H4. The average Bonchev–Trinajstić information content (AvgIpc) is 2.86. The molecule has 0 saturated carbocycles. The molecule has 12 heteroatoms. The fraction of sp³-hybridized carbons (Fsp3) is 0.250. The van der Waals surface area contributed by atoms with Crippen LogP contribution in [0.1, 0.15) is 39.3 Å². The van der Waals surface area contributed by atoms with Crippen LogP contribution in [-0.2, 0) is 27.2 Å². The molecule has 0 spiro atoms. The lowest BCUT2D eigenvalue weighted by Gasteiger charge is -2.19. The van der Waals surface area contributed by atoms with Gasteiger partial charge >= 0.3 is 6.09 Å². The number of fused-ring (bicyclic) bond motifs is 2. The highest BCUT2D eigenvalue weighted by molar-refractivity contribution is 6.31. The summed E-state index contributed by atoms with van der Waals surface area (Å²) < 4.78 is 5.02. The first-order valence-electron chi connectivity index (χ1n) is 11.8. The van der Waals surface area contributed by atoms with Crippen molar-refractivity contribution in [2.24, 2.45) is 5.84 Å². The van der Waals surface area contributed by atoms with Crippen LogP contribution in [0.3, 0.4) is 0 Å². The van der Waals surface area contributed by atoms with Gasteiger partial charge in [-0.3, -0.25) is 30.4 Å². The van der Waals surface area contributed by atoms with E-state index in [1.54, 1.807) is 45.3 Å². The molecule has 0 bridgehead atoms. The number of amides is 3. The third-order valence-corrected chi connectivity index (χ3v) is 5.43. The van der Waals surface area contributed by atoms with E-state index in [-0.39, 0.29) is 32.1 Å². The maximum Gasteiger partial charge on any atom is 0.426 e. The highest BCUT2D eigenvalue weighted by atomic mass is 35.5. The van der Waals surface area contributed by atoms with Crippen LogP contribution in [0.15, 0.2) is 60.9 Å². The highest BCUT2D eigenvalue weighted by Gasteiger charge is 2.16. The van der Waals surface area contributed by atoms with Crippen molar-refractivity contribution >= 4 is 62.9 Å². The van der Waals surface area contributed by atoms with Crippen LogP contribution in [0.4, 0.5) is 4.79 Å². The van der Waals surface area contributed by atoms with E-state index in [0.29, 0.717) is 10.0 Å². The third kappa shape index (κ3) is 10.3. The van der Waals surface area contributed by atoms with Gasteiger partial charge in [0.15, 0.2) is 0 Å². The molecule has 2 aromatic carbocycles. The quantitative estimate of drug-likeness (QED) is 0.148. The summed E-state index contributed by atoms with van der Waals surface area (Å²) >= 11 is 11.8. The Morgan fingerprint density at radius 2 is 1.27 bits per heavy atom. The first kappa shape index (κ1) is 32.2. The summed E-state index contributed by atoms with van der Waals surface area (Å²) in [5.41, 5.74) is 9.29. The van der Waals surface area contributed by atoms with E-state index in [9.17, 15) is 14.4 Å². The zero-order valence-electron chi connectivity index (χ0n) is 21.5. The Balaban J connectivity index is 0.000000290. The van der Waals surface area contributed by atoms with Gasteiger partial charge in [-0.1, -0.05) is 42.8 Å². The fourth-order valence-electron chi connectivity index (χ4n) is 3.42. The Labute approximate surface area is 242 Å². The third-order valence-electron chi connectivity index (χ3n) is 5.02. The summed E-state index contributed by atoms with van der Waals surface area (Å²) in [7, 11) is 0. The van der Waals surface area contributed by atoms with Crippen molar-refractivity contribution < 1.29 is 19.1 Å². The van der Waals surface area contributed by atoms with E-state index in [1.807, 2.05) is 36.4 Å². The lowest BCUT2D eigenvalue weighted by molar-refractivity contribution is -0.121. The SMILES string of the molecule is C.CC(C)(C)OC(=O)NNC(=O)Cc1ccc2ncc(Cl)cc2c1.NNC(=O)Cc1ccc2ncc(Cl)cc2c1. The molecular weight excluding hydrogens is 555 g/mol. The molecule has 0 atom stereocenters. The lowest BCUT2D eigenvalue weighted by Crippen LogP contribution is -2.44. The van der Waals surface area contributed by atoms with Crippen LogP contribution < -0.4 is 22.1 Å². The van der Waals surface area contributed by atoms with Crippen molar-refractivity contribution in [3.63, 3.8) is 0 Å². The number of pyridine rings is 2. The Bertz CT molecular complexity index is 1510. The molecule has 5 N–H and O–H groups in total. The molecule has 0 aliphatic heterocycles. The number of carbonyl (C=O) groups is 3. The van der Waals surface area contributed by atoms with Gasteiger partial charge in [0, 0.05) is 23.2 Å². The van der Waals surface area contributed by atoms with Gasteiger partial charge in [-0.15, -0.1) is 0 Å². The van der Waals surface area contributed by atoms with Crippen LogP contribution in [0.25, 0.3) is 21.8 Å². The Morgan fingerprint density at radius 1 is 0.800 bits per heavy atom. The van der Waals surface area contributed by atoms with E-state index >= 15 is 0 Å². The molecule has 0 aliphatic rings. The Kier molecular flexibility index (Phi) is 11.6. The van der Waals surface area contributed by atoms with Gasteiger partial charge in [-0.05, 0) is 68.3 Å². The number of benzene rings is 2. The topological polar surface area (TPSA) is 148 Å². The lowest BCUT2D eigenvalue weighted by atomic mass is 10.1. The smallest absolute Gasteiger partial charge is 0.426 e. The number of nitrogens with zero attached hydrogens (tertiary/aromatic N) is 2. The first-order valence-corrected chi connectivity index (χ1v) is 12.5. The minimum atomic E-state index is -0.708. The number of aromatic nitrogens is 2. The average molecular weight is 588 g/mol. The number of hydrogen-bond acceptors (Lipinski definition) is 7. The first-order chi connectivity index (χ1) is 18.4. The predicted octanol–water partition coefficient (Wildman–Crippen LogP) is 5.04. The molecule has 4 rings (SSSR count). The Hall–Kier alpha value is -3.99. The Morgan fingerprint density at radius 3 is 1.73 bits per heavy atom. The molecule has 10 nitrogen and oxygen atoms in total. The van der Waals surface area contributed by atoms with E-state index in [4.69, 9.17) is 33.8 Å². The van der Waals surface area contributed by atoms with Crippen LogP contribution in [0.2, 0.25) is 10.0 Å². The van der Waals surface area contributed by atoms with Gasteiger partial charge in [0.2, 0.25) is 11.8 Å². The van der Waals surface area contributed by atoms with Crippen molar-refractivity contribution in [3.05, 3.63) is 82.1 Å². The second kappa shape index (κ2) is 14.4. The minimum Gasteiger partial charge on any atom is -0.443 e. The van der Waals surface area contributed by atoms with Crippen molar-refractivity contribution in [1.29, 1.82) is 0 Å². The monoisotopic (exact) mass is 586 g/mol. The molecule has 4 aromatic rings. The number of nitrogens with one attached hydrogen (secondary N) is 3. The largest absolute Gasteiger partial charge is 0.443 e. The molecule has 0 unspecified atom stereocenters. The fourth-order valence-corrected chi connectivity index (χ4v) is 3.75. The van der Waals surface area contributed by atoms with Crippen LogP contribution in [-0.4, -0.2) is 33.5 Å². The molecule has 2 heterocycles. The second-order valence-electron chi connectivity index (χ2n) is 9.46. The normalized spacial score (nSPS) is 10.6. The maximum atomic E-state index is 11.9. The molecule has 0 fully saturated rings. The zero-order chi connectivity index (χ0) is 28.6. The van der Waals surface area contributed by atoms with Gasteiger partial charge in [0.1, 0.15) is 5.60 Å². The summed E-state index contributed by atoms with van der Waals surface area (Å²) in [4.78, 5) is 42.8. The van der Waals surface area contributed by atoms with E-state index in [1.165, 1.54) is 0 Å². The second-order valence-corrected chi connectivity index (χ2v) is 10.3. The zero-order valence-corrected chi connectivity index (χ0v) is 23.1. The molecule has 212 valence electrons. The minimum absolute atomic E-state index is 0. The van der Waals surface area contributed by atoms with Gasteiger partial charge in [0.05, 0.1) is 33.9 Å². The number of nitrogens with two attached hydrogens (primary N) is 1. The predicted molar refractivity (Wildman–Crippen MR) is 157 cm³/mol. The number of hydrazine groups is 2. The molecule has 0 radical (unpaired) electrons. The van der Waals surface area contributed by atoms with Gasteiger partial charge < -0.3 is 4.74 Å². The number of ether oxygens (including phenoxy) is 1. The molecule has 2 aromatic heterocycles. The number of hydrogen-bond donors (Lipinski definition) is 4. The highest BCUT2D eigenvalue weighted by Crippen LogP contribution is 2.19. The van der Waals surface area contributed by atoms with Gasteiger partial charge in [-0.25, -0.2) is 16.1 Å². The number of rotatable bonds is 4. The summed E-state index contributed by atoms with van der Waals surface area (Å²) in [6.45, 7) is 5.22. The van der Waals surface area contributed by atoms with Gasteiger partial charge in [0.25, 0.3) is 0 Å². The molecule has 3 amide bonds. The van der Waals surface area contributed by atoms with Crippen LogP contribution in [0.5, 0.6) is 0 Å². The molecule has 0 aliphatic carbocycles. The number of carbonyl (C=O) groups excluding carboxylic acids is 3. The van der Waals surface area contributed by atoms with Crippen molar-refractivity contribution in [3.8, 4) is 0 Å². The van der Waals surface area contributed by atoms with Crippen molar-refractivity contribution in [2.45, 2.75) is 46.6 Å². The summed E-state index contributed by atoms with van der Waals surface area (Å²) in [6.07, 6.45) is 2.81. The number of halogens is 2.